The molecule has 0 spiro atoms. The highest BCUT2D eigenvalue weighted by molar-refractivity contribution is 7.99. The Bertz CT molecular complexity index is 921. The Hall–Kier alpha value is -1.90. The first-order valence-electron chi connectivity index (χ1n) is 12.1. The van der Waals surface area contributed by atoms with E-state index in [0.29, 0.717) is 48.5 Å². The Labute approximate surface area is 199 Å². The predicted octanol–water partition coefficient (Wildman–Crippen LogP) is 5.93. The van der Waals surface area contributed by atoms with Gasteiger partial charge in [-0.25, -0.2) is 18.7 Å². The maximum absolute atomic E-state index is 14.0. The summed E-state index contributed by atoms with van der Waals surface area (Å²) in [6.07, 6.45) is 8.73. The lowest BCUT2D eigenvalue weighted by molar-refractivity contribution is -0.144. The standard InChI is InChI=1S/C24H36F2N4O2S/c1-4-7-9-18(5-2)16-32-21(31)10-13-33-23-27-14-19-22(28-23)20(15-29(19)6-3)30-12-8-11-24(25,26)17-30/h14-15,18H,4-13,16-17H2,1-3H3. The van der Waals surface area contributed by atoms with Crippen LogP contribution in [0.3, 0.4) is 0 Å². The number of hydrogen-bond donors (Lipinski definition) is 0. The summed E-state index contributed by atoms with van der Waals surface area (Å²) in [6, 6.07) is 0. The lowest BCUT2D eigenvalue weighted by Crippen LogP contribution is -2.42. The van der Waals surface area contributed by atoms with Gasteiger partial charge < -0.3 is 14.2 Å². The molecule has 0 N–H and O–H groups in total. The zero-order valence-electron chi connectivity index (χ0n) is 20.0. The van der Waals surface area contributed by atoms with E-state index in [-0.39, 0.29) is 25.4 Å². The topological polar surface area (TPSA) is 60.2 Å². The second-order valence-electron chi connectivity index (χ2n) is 8.77. The molecule has 1 aliphatic heterocycles. The van der Waals surface area contributed by atoms with E-state index in [1.807, 2.05) is 17.7 Å². The highest BCUT2D eigenvalue weighted by Crippen LogP contribution is 2.35. The second kappa shape index (κ2) is 12.0. The van der Waals surface area contributed by atoms with Gasteiger partial charge in [-0.3, -0.25) is 4.79 Å². The molecular formula is C24H36F2N4O2S. The van der Waals surface area contributed by atoms with Crippen LogP contribution in [0.25, 0.3) is 11.0 Å². The minimum atomic E-state index is -2.68. The van der Waals surface area contributed by atoms with Crippen LogP contribution in [-0.2, 0) is 16.1 Å². The van der Waals surface area contributed by atoms with Gasteiger partial charge in [0.1, 0.15) is 5.52 Å². The molecule has 0 amide bonds. The molecule has 1 fully saturated rings. The summed E-state index contributed by atoms with van der Waals surface area (Å²) in [5, 5.41) is 0.545. The number of aromatic nitrogens is 3. The van der Waals surface area contributed by atoms with Crippen LogP contribution in [0.5, 0.6) is 0 Å². The van der Waals surface area contributed by atoms with Crippen molar-refractivity contribution >= 4 is 34.5 Å². The van der Waals surface area contributed by atoms with Crippen LogP contribution in [0.1, 0.15) is 65.7 Å². The molecule has 1 aliphatic rings. The van der Waals surface area contributed by atoms with E-state index in [1.54, 1.807) is 11.1 Å². The zero-order chi connectivity index (χ0) is 23.8. The third-order valence-electron chi connectivity index (χ3n) is 6.21. The number of carbonyl (C=O) groups is 1. The summed E-state index contributed by atoms with van der Waals surface area (Å²) in [5.74, 6) is -1.94. The maximum atomic E-state index is 14.0. The lowest BCUT2D eigenvalue weighted by atomic mass is 10.0. The smallest absolute Gasteiger partial charge is 0.306 e. The van der Waals surface area contributed by atoms with E-state index < -0.39 is 5.92 Å². The summed E-state index contributed by atoms with van der Waals surface area (Å²) in [5.41, 5.74) is 2.26. The zero-order valence-corrected chi connectivity index (χ0v) is 20.8. The number of thioether (sulfide) groups is 1. The number of carbonyl (C=O) groups excluding carboxylic acids is 1. The highest BCUT2D eigenvalue weighted by atomic mass is 32.2. The molecule has 1 unspecified atom stereocenters. The summed E-state index contributed by atoms with van der Waals surface area (Å²) >= 11 is 1.39. The molecule has 9 heteroatoms. The minimum Gasteiger partial charge on any atom is -0.465 e. The summed E-state index contributed by atoms with van der Waals surface area (Å²) in [6.45, 7) is 7.79. The van der Waals surface area contributed by atoms with E-state index in [0.717, 1.165) is 36.9 Å². The Kier molecular flexibility index (Phi) is 9.35. The number of esters is 1. The minimum absolute atomic E-state index is 0.0697. The normalized spacial score (nSPS) is 16.8. The molecular weight excluding hydrogens is 446 g/mol. The fraction of sp³-hybridized carbons (Fsp3) is 0.708. The molecule has 3 rings (SSSR count). The molecule has 2 aromatic rings. The number of nitrogens with zero attached hydrogens (tertiary/aromatic N) is 4. The number of fused-ring (bicyclic) bond motifs is 1. The fourth-order valence-electron chi connectivity index (χ4n) is 4.18. The molecule has 2 aromatic heterocycles. The molecule has 0 radical (unpaired) electrons. The molecule has 0 aliphatic carbocycles. The summed E-state index contributed by atoms with van der Waals surface area (Å²) in [7, 11) is 0. The number of hydrogen-bond acceptors (Lipinski definition) is 6. The van der Waals surface area contributed by atoms with Crippen molar-refractivity contribution in [2.45, 2.75) is 83.3 Å². The molecule has 1 atom stereocenters. The Morgan fingerprint density at radius 3 is 2.85 bits per heavy atom. The first-order valence-corrected chi connectivity index (χ1v) is 13.1. The molecule has 0 aromatic carbocycles. The van der Waals surface area contributed by atoms with Gasteiger partial charge in [0.25, 0.3) is 5.92 Å². The first-order chi connectivity index (χ1) is 15.9. The predicted molar refractivity (Wildman–Crippen MR) is 129 cm³/mol. The van der Waals surface area contributed by atoms with Crippen LogP contribution in [0.4, 0.5) is 14.5 Å². The molecule has 184 valence electrons. The van der Waals surface area contributed by atoms with Crippen molar-refractivity contribution in [2.24, 2.45) is 5.92 Å². The number of halogens is 2. The van der Waals surface area contributed by atoms with Crippen molar-refractivity contribution in [2.75, 3.05) is 30.3 Å². The summed E-state index contributed by atoms with van der Waals surface area (Å²) in [4.78, 5) is 23.0. The van der Waals surface area contributed by atoms with Crippen LogP contribution >= 0.6 is 11.8 Å². The molecule has 33 heavy (non-hydrogen) atoms. The SMILES string of the molecule is CCCCC(CC)COC(=O)CCSc1ncc2c(n1)c(N1CCCC(F)(F)C1)cn2CC. The van der Waals surface area contributed by atoms with Gasteiger partial charge in [-0.2, -0.15) is 0 Å². The van der Waals surface area contributed by atoms with E-state index >= 15 is 0 Å². The van der Waals surface area contributed by atoms with Gasteiger partial charge in [-0.05, 0) is 25.7 Å². The van der Waals surface area contributed by atoms with Crippen molar-refractivity contribution in [3.05, 3.63) is 12.4 Å². The average molecular weight is 483 g/mol. The highest BCUT2D eigenvalue weighted by Gasteiger charge is 2.36. The fourth-order valence-corrected chi connectivity index (χ4v) is 4.91. The van der Waals surface area contributed by atoms with Crippen molar-refractivity contribution in [3.8, 4) is 0 Å². The van der Waals surface area contributed by atoms with Crippen LogP contribution in [0.2, 0.25) is 0 Å². The van der Waals surface area contributed by atoms with Crippen LogP contribution in [0, 0.1) is 5.92 Å². The lowest BCUT2D eigenvalue weighted by Gasteiger charge is -2.33. The number of ether oxygens (including phenoxy) is 1. The molecule has 1 saturated heterocycles. The number of aryl methyl sites for hydroxylation is 1. The number of anilines is 1. The Morgan fingerprint density at radius 2 is 2.15 bits per heavy atom. The van der Waals surface area contributed by atoms with Gasteiger partial charge in [-0.1, -0.05) is 44.9 Å². The number of alkyl halides is 2. The number of piperidine rings is 1. The van der Waals surface area contributed by atoms with E-state index in [2.05, 4.69) is 23.8 Å². The van der Waals surface area contributed by atoms with Gasteiger partial charge >= 0.3 is 5.97 Å². The van der Waals surface area contributed by atoms with Crippen molar-refractivity contribution in [1.29, 1.82) is 0 Å². The van der Waals surface area contributed by atoms with Crippen LogP contribution in [-0.4, -0.2) is 51.9 Å². The van der Waals surface area contributed by atoms with Crippen LogP contribution < -0.4 is 4.90 Å². The van der Waals surface area contributed by atoms with Gasteiger partial charge in [0, 0.05) is 31.5 Å². The van der Waals surface area contributed by atoms with Gasteiger partial charge in [0.05, 0.1) is 37.0 Å². The van der Waals surface area contributed by atoms with E-state index in [4.69, 9.17) is 4.74 Å². The molecule has 3 heterocycles. The summed E-state index contributed by atoms with van der Waals surface area (Å²) < 4.78 is 35.5. The van der Waals surface area contributed by atoms with Crippen molar-refractivity contribution in [3.63, 3.8) is 0 Å². The van der Waals surface area contributed by atoms with E-state index in [1.165, 1.54) is 11.8 Å². The monoisotopic (exact) mass is 482 g/mol. The third kappa shape index (κ3) is 7.04. The Morgan fingerprint density at radius 1 is 1.33 bits per heavy atom. The van der Waals surface area contributed by atoms with Crippen LogP contribution in [0.15, 0.2) is 17.6 Å². The average Bonchev–Trinajstić information content (AvgIpc) is 3.16. The van der Waals surface area contributed by atoms with Crippen molar-refractivity contribution in [1.82, 2.24) is 14.5 Å². The van der Waals surface area contributed by atoms with Crippen molar-refractivity contribution < 1.29 is 18.3 Å². The second-order valence-corrected chi connectivity index (χ2v) is 9.83. The Balaban J connectivity index is 1.60. The largest absolute Gasteiger partial charge is 0.465 e. The number of rotatable bonds is 12. The first kappa shape index (κ1) is 25.7. The molecule has 0 bridgehead atoms. The quantitative estimate of drug-likeness (QED) is 0.212. The van der Waals surface area contributed by atoms with Gasteiger partial charge in [0.2, 0.25) is 0 Å². The third-order valence-corrected chi connectivity index (χ3v) is 7.08. The van der Waals surface area contributed by atoms with E-state index in [9.17, 15) is 13.6 Å². The molecule has 0 saturated carbocycles. The molecule has 6 nitrogen and oxygen atoms in total. The van der Waals surface area contributed by atoms with Gasteiger partial charge in [-0.15, -0.1) is 0 Å². The van der Waals surface area contributed by atoms with Gasteiger partial charge in [0.15, 0.2) is 5.16 Å². The number of unbranched alkanes of at least 4 members (excludes halogenated alkanes) is 1. The maximum Gasteiger partial charge on any atom is 0.306 e.